The Morgan fingerprint density at radius 3 is 2.63 bits per heavy atom. The fraction of sp³-hybridized carbons (Fsp3) is 0.846. The zero-order valence-electron chi connectivity index (χ0n) is 11.4. The molecular formula is C13H22N2O4. The van der Waals surface area contributed by atoms with Crippen molar-refractivity contribution in [3.63, 3.8) is 0 Å². The van der Waals surface area contributed by atoms with Gasteiger partial charge in [-0.3, -0.25) is 4.79 Å². The minimum absolute atomic E-state index is 0.00733. The molecule has 1 atom stereocenters. The Labute approximate surface area is 113 Å². The van der Waals surface area contributed by atoms with E-state index in [1.54, 1.807) is 11.8 Å². The van der Waals surface area contributed by atoms with Crippen LogP contribution in [0.1, 0.15) is 32.6 Å². The highest BCUT2D eigenvalue weighted by atomic mass is 16.6. The van der Waals surface area contributed by atoms with E-state index < -0.39 is 0 Å². The van der Waals surface area contributed by atoms with Gasteiger partial charge in [-0.2, -0.15) is 0 Å². The average molecular weight is 270 g/mol. The van der Waals surface area contributed by atoms with Gasteiger partial charge in [0.25, 0.3) is 0 Å². The van der Waals surface area contributed by atoms with E-state index in [0.29, 0.717) is 26.3 Å². The summed E-state index contributed by atoms with van der Waals surface area (Å²) in [5.41, 5.74) is 0. The number of likely N-dealkylation sites (tertiary alicyclic amines) is 1. The van der Waals surface area contributed by atoms with Gasteiger partial charge in [-0.15, -0.1) is 0 Å². The van der Waals surface area contributed by atoms with E-state index in [4.69, 9.17) is 9.47 Å². The number of nitrogens with zero attached hydrogens (tertiary/aromatic N) is 1. The number of carbonyl (C=O) groups is 2. The maximum Gasteiger partial charge on any atom is 0.409 e. The molecule has 0 bridgehead atoms. The van der Waals surface area contributed by atoms with Crippen molar-refractivity contribution in [2.75, 3.05) is 26.3 Å². The summed E-state index contributed by atoms with van der Waals surface area (Å²) < 4.78 is 10.3. The zero-order chi connectivity index (χ0) is 13.7. The first-order chi connectivity index (χ1) is 9.20. The molecule has 6 nitrogen and oxygen atoms in total. The highest BCUT2D eigenvalue weighted by molar-refractivity contribution is 5.81. The summed E-state index contributed by atoms with van der Waals surface area (Å²) in [5.74, 6) is -0.00733. The molecule has 0 aromatic carbocycles. The van der Waals surface area contributed by atoms with Crippen molar-refractivity contribution < 1.29 is 19.1 Å². The highest BCUT2D eigenvalue weighted by Gasteiger charge is 2.28. The molecule has 0 aromatic rings. The summed E-state index contributed by atoms with van der Waals surface area (Å²) >= 11 is 0. The molecule has 0 saturated carbocycles. The van der Waals surface area contributed by atoms with E-state index >= 15 is 0 Å². The number of ether oxygens (including phenoxy) is 2. The van der Waals surface area contributed by atoms with E-state index in [1.165, 1.54) is 0 Å². The second-order valence-electron chi connectivity index (χ2n) is 4.97. The van der Waals surface area contributed by atoms with Crippen LogP contribution in [0.25, 0.3) is 0 Å². The lowest BCUT2D eigenvalue weighted by Gasteiger charge is -2.32. The molecule has 6 heteroatoms. The second-order valence-corrected chi connectivity index (χ2v) is 4.97. The molecule has 2 amide bonds. The fourth-order valence-electron chi connectivity index (χ4n) is 2.50. The Morgan fingerprint density at radius 2 is 2.05 bits per heavy atom. The molecule has 0 radical (unpaired) electrons. The first kappa shape index (κ1) is 14.1. The number of hydrogen-bond acceptors (Lipinski definition) is 4. The minimum Gasteiger partial charge on any atom is -0.450 e. The molecule has 108 valence electrons. The maximum absolute atomic E-state index is 11.9. The Bertz CT molecular complexity index is 321. The molecule has 2 aliphatic rings. The molecule has 2 aliphatic heterocycles. The first-order valence-corrected chi connectivity index (χ1v) is 7.04. The number of rotatable bonds is 3. The van der Waals surface area contributed by atoms with Gasteiger partial charge in [-0.1, -0.05) is 0 Å². The third-order valence-corrected chi connectivity index (χ3v) is 3.59. The van der Waals surface area contributed by atoms with Crippen LogP contribution < -0.4 is 5.32 Å². The number of hydrogen-bond donors (Lipinski definition) is 1. The summed E-state index contributed by atoms with van der Waals surface area (Å²) in [5, 5.41) is 3.01. The van der Waals surface area contributed by atoms with Crippen molar-refractivity contribution in [3.05, 3.63) is 0 Å². The summed E-state index contributed by atoms with van der Waals surface area (Å²) in [6.07, 6.45) is 2.79. The third-order valence-electron chi connectivity index (χ3n) is 3.59. The minimum atomic E-state index is -0.275. The summed E-state index contributed by atoms with van der Waals surface area (Å²) in [4.78, 5) is 25.1. The van der Waals surface area contributed by atoms with Crippen molar-refractivity contribution >= 4 is 12.0 Å². The van der Waals surface area contributed by atoms with Gasteiger partial charge in [0, 0.05) is 25.7 Å². The van der Waals surface area contributed by atoms with Crippen LogP contribution in [0.5, 0.6) is 0 Å². The normalized spacial score (nSPS) is 24.3. The lowest BCUT2D eigenvalue weighted by atomic mass is 10.0. The van der Waals surface area contributed by atoms with Crippen LogP contribution in [-0.2, 0) is 14.3 Å². The SMILES string of the molecule is CCOC(=O)N1CCC(NC(=O)[C@H]2CCCO2)CC1. The maximum atomic E-state index is 11.9. The van der Waals surface area contributed by atoms with Crippen LogP contribution in [0, 0.1) is 0 Å². The van der Waals surface area contributed by atoms with Crippen molar-refractivity contribution in [1.29, 1.82) is 0 Å². The molecule has 2 fully saturated rings. The van der Waals surface area contributed by atoms with Crippen molar-refractivity contribution in [2.45, 2.75) is 44.8 Å². The standard InChI is InChI=1S/C13H22N2O4/c1-2-18-13(17)15-7-5-10(6-8-15)14-12(16)11-4-3-9-19-11/h10-11H,2-9H2,1H3,(H,14,16)/t11-/m1/s1. The Kier molecular flexibility index (Phi) is 5.01. The van der Waals surface area contributed by atoms with Gasteiger partial charge in [0.15, 0.2) is 0 Å². The van der Waals surface area contributed by atoms with E-state index in [0.717, 1.165) is 25.7 Å². The predicted molar refractivity (Wildman–Crippen MR) is 68.7 cm³/mol. The molecule has 19 heavy (non-hydrogen) atoms. The van der Waals surface area contributed by atoms with Crippen molar-refractivity contribution in [1.82, 2.24) is 10.2 Å². The summed E-state index contributed by atoms with van der Waals surface area (Å²) in [7, 11) is 0. The molecule has 0 aromatic heterocycles. The molecule has 2 rings (SSSR count). The van der Waals surface area contributed by atoms with E-state index in [9.17, 15) is 9.59 Å². The number of amides is 2. The molecule has 1 N–H and O–H groups in total. The molecular weight excluding hydrogens is 248 g/mol. The zero-order valence-corrected chi connectivity index (χ0v) is 11.4. The topological polar surface area (TPSA) is 67.9 Å². The molecule has 0 spiro atoms. The molecule has 0 unspecified atom stereocenters. The smallest absolute Gasteiger partial charge is 0.409 e. The van der Waals surface area contributed by atoms with Gasteiger partial charge in [-0.25, -0.2) is 4.79 Å². The number of nitrogens with one attached hydrogen (secondary N) is 1. The van der Waals surface area contributed by atoms with Crippen molar-refractivity contribution in [2.24, 2.45) is 0 Å². The van der Waals surface area contributed by atoms with Gasteiger partial charge < -0.3 is 19.7 Å². The van der Waals surface area contributed by atoms with Crippen molar-refractivity contribution in [3.8, 4) is 0 Å². The highest BCUT2D eigenvalue weighted by Crippen LogP contribution is 2.15. The molecule has 2 heterocycles. The fourth-order valence-corrected chi connectivity index (χ4v) is 2.50. The second kappa shape index (κ2) is 6.75. The van der Waals surface area contributed by atoms with Crippen LogP contribution in [0.2, 0.25) is 0 Å². The van der Waals surface area contributed by atoms with Gasteiger partial charge in [0.2, 0.25) is 5.91 Å². The Morgan fingerprint density at radius 1 is 1.32 bits per heavy atom. The van der Waals surface area contributed by atoms with Crippen LogP contribution in [0.4, 0.5) is 4.79 Å². The van der Waals surface area contributed by atoms with Crippen LogP contribution in [0.3, 0.4) is 0 Å². The van der Waals surface area contributed by atoms with Crippen LogP contribution in [-0.4, -0.2) is 55.3 Å². The molecule has 2 saturated heterocycles. The van der Waals surface area contributed by atoms with E-state index in [-0.39, 0.29) is 24.1 Å². The predicted octanol–water partition coefficient (Wildman–Crippen LogP) is 0.902. The Hall–Kier alpha value is -1.30. The van der Waals surface area contributed by atoms with Gasteiger partial charge in [-0.05, 0) is 32.6 Å². The van der Waals surface area contributed by atoms with Gasteiger partial charge >= 0.3 is 6.09 Å². The third kappa shape index (κ3) is 3.83. The largest absolute Gasteiger partial charge is 0.450 e. The lowest BCUT2D eigenvalue weighted by Crippen LogP contribution is -2.48. The number of carbonyl (C=O) groups excluding carboxylic acids is 2. The van der Waals surface area contributed by atoms with E-state index in [1.807, 2.05) is 0 Å². The van der Waals surface area contributed by atoms with Crippen LogP contribution in [0.15, 0.2) is 0 Å². The average Bonchev–Trinajstić information content (AvgIpc) is 2.94. The Balaban J connectivity index is 1.71. The monoisotopic (exact) mass is 270 g/mol. The quantitative estimate of drug-likeness (QED) is 0.827. The first-order valence-electron chi connectivity index (χ1n) is 7.04. The number of piperidine rings is 1. The van der Waals surface area contributed by atoms with E-state index in [2.05, 4.69) is 5.32 Å². The van der Waals surface area contributed by atoms with Gasteiger partial charge in [0.1, 0.15) is 6.10 Å². The van der Waals surface area contributed by atoms with Gasteiger partial charge in [0.05, 0.1) is 6.61 Å². The summed E-state index contributed by atoms with van der Waals surface area (Å²) in [6, 6.07) is 0.141. The summed E-state index contributed by atoms with van der Waals surface area (Å²) in [6.45, 7) is 4.14. The molecule has 0 aliphatic carbocycles. The van der Waals surface area contributed by atoms with Crippen LogP contribution >= 0.6 is 0 Å². The lowest BCUT2D eigenvalue weighted by molar-refractivity contribution is -0.131.